The first kappa shape index (κ1) is 91.1. The van der Waals surface area contributed by atoms with Crippen LogP contribution in [0.4, 0.5) is 0 Å². The predicted octanol–water partition coefficient (Wildman–Crippen LogP) is 21.6. The van der Waals surface area contributed by atoms with Gasteiger partial charge in [0, 0.05) is 25.7 Å². The quantitative estimate of drug-likeness (QED) is 0.0222. The highest BCUT2D eigenvalue weighted by atomic mass is 31.2. The molecule has 19 heteroatoms. The van der Waals surface area contributed by atoms with Crippen molar-refractivity contribution in [2.24, 2.45) is 11.8 Å². The van der Waals surface area contributed by atoms with Crippen LogP contribution >= 0.6 is 15.6 Å². The molecule has 0 spiro atoms. The van der Waals surface area contributed by atoms with E-state index in [9.17, 15) is 43.2 Å². The first-order valence-corrected chi connectivity index (χ1v) is 41.5. The zero-order valence-corrected chi connectivity index (χ0v) is 62.3. The van der Waals surface area contributed by atoms with Crippen LogP contribution in [-0.2, 0) is 65.4 Å². The summed E-state index contributed by atoms with van der Waals surface area (Å²) in [5.41, 5.74) is 0. The summed E-state index contributed by atoms with van der Waals surface area (Å²) in [6.45, 7) is 9.59. The second-order valence-electron chi connectivity index (χ2n) is 27.6. The van der Waals surface area contributed by atoms with Crippen molar-refractivity contribution in [3.8, 4) is 0 Å². The van der Waals surface area contributed by atoms with Crippen molar-refractivity contribution in [2.45, 2.75) is 400 Å². The maximum atomic E-state index is 13.1. The predicted molar refractivity (Wildman–Crippen MR) is 377 cm³/mol. The van der Waals surface area contributed by atoms with Gasteiger partial charge in [-0.25, -0.2) is 9.13 Å². The Morgan fingerprint density at radius 2 is 0.495 bits per heavy atom. The summed E-state index contributed by atoms with van der Waals surface area (Å²) in [6.07, 6.45) is 52.8. The Hall–Kier alpha value is -1.94. The molecular formula is C74H144O17P2. The number of unbranched alkanes of at least 4 members (excludes halogenated alkanes) is 43. The third-order valence-corrected chi connectivity index (χ3v) is 19.1. The molecule has 0 fully saturated rings. The van der Waals surface area contributed by atoms with Crippen molar-refractivity contribution in [1.82, 2.24) is 0 Å². The Morgan fingerprint density at radius 1 is 0.290 bits per heavy atom. The molecule has 0 saturated heterocycles. The molecule has 0 saturated carbocycles. The summed E-state index contributed by atoms with van der Waals surface area (Å²) in [5, 5.41) is 10.6. The van der Waals surface area contributed by atoms with Crippen LogP contribution in [0.1, 0.15) is 382 Å². The van der Waals surface area contributed by atoms with Gasteiger partial charge < -0.3 is 33.8 Å². The van der Waals surface area contributed by atoms with Crippen molar-refractivity contribution in [2.75, 3.05) is 39.6 Å². The standard InChI is InChI=1S/C74H144O17P2/c1-7-9-11-13-15-16-26-34-40-46-52-58-73(78)90-69(62-84-71(76)56-50-44-36-14-12-10-8-2)64-88-92(80,81)86-60-68(75)61-87-93(82,83)89-65-70(63-85-72(77)57-51-45-39-33-29-25-21-23-28-32-38-43-49-55-67(5)6)91-74(79)59-53-47-41-35-30-24-20-18-17-19-22-27-31-37-42-48-54-66(3)4/h66-70,75H,7-65H2,1-6H3,(H,80,81)(H,82,83)/t68-,69+,70+/m0/s1. The van der Waals surface area contributed by atoms with Crippen LogP contribution in [-0.4, -0.2) is 96.7 Å². The van der Waals surface area contributed by atoms with Gasteiger partial charge in [-0.15, -0.1) is 0 Å². The molecule has 0 bridgehead atoms. The van der Waals surface area contributed by atoms with Crippen LogP contribution in [0, 0.1) is 11.8 Å². The van der Waals surface area contributed by atoms with Gasteiger partial charge >= 0.3 is 39.5 Å². The Kier molecular flexibility index (Phi) is 64.6. The molecule has 2 unspecified atom stereocenters. The van der Waals surface area contributed by atoms with E-state index in [1.807, 2.05) is 0 Å². The normalized spacial score (nSPS) is 14.1. The van der Waals surface area contributed by atoms with Crippen LogP contribution in [0.15, 0.2) is 0 Å². The number of carbonyl (C=O) groups excluding carboxylic acids is 4. The molecule has 0 aliphatic heterocycles. The summed E-state index contributed by atoms with van der Waals surface area (Å²) in [7, 11) is -9.90. The highest BCUT2D eigenvalue weighted by Gasteiger charge is 2.30. The number of aliphatic hydroxyl groups excluding tert-OH is 1. The highest BCUT2D eigenvalue weighted by Crippen LogP contribution is 2.45. The van der Waals surface area contributed by atoms with Crippen molar-refractivity contribution in [3.05, 3.63) is 0 Å². The van der Waals surface area contributed by atoms with E-state index in [0.29, 0.717) is 25.7 Å². The molecule has 3 N–H and O–H groups in total. The average molecular weight is 1370 g/mol. The molecule has 0 amide bonds. The lowest BCUT2D eigenvalue weighted by atomic mass is 10.0. The van der Waals surface area contributed by atoms with Gasteiger partial charge in [0.1, 0.15) is 19.3 Å². The summed E-state index contributed by atoms with van der Waals surface area (Å²) >= 11 is 0. The van der Waals surface area contributed by atoms with Gasteiger partial charge in [0.15, 0.2) is 12.2 Å². The summed E-state index contributed by atoms with van der Waals surface area (Å²) in [6, 6.07) is 0. The number of ether oxygens (including phenoxy) is 4. The van der Waals surface area contributed by atoms with E-state index < -0.39 is 97.5 Å². The van der Waals surface area contributed by atoms with Crippen molar-refractivity contribution >= 4 is 39.5 Å². The second-order valence-corrected chi connectivity index (χ2v) is 30.5. The number of hydrogen-bond acceptors (Lipinski definition) is 15. The van der Waals surface area contributed by atoms with E-state index >= 15 is 0 Å². The lowest BCUT2D eigenvalue weighted by Gasteiger charge is -2.21. The number of rotatable bonds is 73. The molecule has 0 aromatic rings. The van der Waals surface area contributed by atoms with E-state index in [1.54, 1.807) is 0 Å². The maximum Gasteiger partial charge on any atom is 0.472 e. The van der Waals surface area contributed by atoms with Crippen molar-refractivity contribution in [3.63, 3.8) is 0 Å². The number of esters is 4. The Bertz CT molecular complexity index is 1800. The van der Waals surface area contributed by atoms with Gasteiger partial charge in [0.25, 0.3) is 0 Å². The number of phosphoric ester groups is 2. The molecule has 0 heterocycles. The van der Waals surface area contributed by atoms with Crippen molar-refractivity contribution < 1.29 is 80.2 Å². The van der Waals surface area contributed by atoms with Crippen molar-refractivity contribution in [1.29, 1.82) is 0 Å². The van der Waals surface area contributed by atoms with Crippen LogP contribution < -0.4 is 0 Å². The fourth-order valence-corrected chi connectivity index (χ4v) is 12.9. The van der Waals surface area contributed by atoms with Gasteiger partial charge in [-0.1, -0.05) is 330 Å². The molecule has 0 aromatic carbocycles. The van der Waals surface area contributed by atoms with E-state index in [0.717, 1.165) is 115 Å². The van der Waals surface area contributed by atoms with Gasteiger partial charge in [0.2, 0.25) is 0 Å². The van der Waals surface area contributed by atoms with Crippen LogP contribution in [0.5, 0.6) is 0 Å². The van der Waals surface area contributed by atoms with E-state index in [4.69, 9.17) is 37.0 Å². The minimum absolute atomic E-state index is 0.107. The van der Waals surface area contributed by atoms with Gasteiger partial charge in [0.05, 0.1) is 26.4 Å². The number of phosphoric acid groups is 2. The molecule has 0 rings (SSSR count). The lowest BCUT2D eigenvalue weighted by molar-refractivity contribution is -0.161. The fraction of sp³-hybridized carbons (Fsp3) is 0.946. The maximum absolute atomic E-state index is 13.1. The van der Waals surface area contributed by atoms with E-state index in [-0.39, 0.29) is 25.7 Å². The summed E-state index contributed by atoms with van der Waals surface area (Å²) in [4.78, 5) is 72.6. The zero-order valence-electron chi connectivity index (χ0n) is 60.6. The topological polar surface area (TPSA) is 237 Å². The first-order chi connectivity index (χ1) is 44.9. The monoisotopic (exact) mass is 1370 g/mol. The fourth-order valence-electron chi connectivity index (χ4n) is 11.3. The Labute approximate surface area is 568 Å². The smallest absolute Gasteiger partial charge is 0.462 e. The molecule has 93 heavy (non-hydrogen) atoms. The molecule has 0 aliphatic rings. The molecule has 5 atom stereocenters. The third-order valence-electron chi connectivity index (χ3n) is 17.2. The number of carbonyl (C=O) groups is 4. The molecule has 17 nitrogen and oxygen atoms in total. The number of hydrogen-bond donors (Lipinski definition) is 3. The van der Waals surface area contributed by atoms with E-state index in [2.05, 4.69) is 41.5 Å². The SMILES string of the molecule is CCCCCCCCCCCCCC(=O)O[C@H](COC(=O)CCCCCCCCC)COP(=O)(O)OC[C@H](O)COP(=O)(O)OC[C@@H](COC(=O)CCCCCCCCCCCCCCCC(C)C)OC(=O)CCCCCCCCCCCCCCCCCCC(C)C. The van der Waals surface area contributed by atoms with Gasteiger partial charge in [-0.05, 0) is 37.5 Å². The van der Waals surface area contributed by atoms with Gasteiger partial charge in [-0.2, -0.15) is 0 Å². The second kappa shape index (κ2) is 66.0. The Morgan fingerprint density at radius 3 is 0.731 bits per heavy atom. The lowest BCUT2D eigenvalue weighted by Crippen LogP contribution is -2.30. The minimum Gasteiger partial charge on any atom is -0.462 e. The molecule has 0 radical (unpaired) electrons. The largest absolute Gasteiger partial charge is 0.472 e. The first-order valence-electron chi connectivity index (χ1n) is 38.5. The molecular weight excluding hydrogens is 1220 g/mol. The average Bonchev–Trinajstić information content (AvgIpc) is 2.79. The van der Waals surface area contributed by atoms with Crippen LogP contribution in [0.2, 0.25) is 0 Å². The third kappa shape index (κ3) is 68.4. The summed E-state index contributed by atoms with van der Waals surface area (Å²) in [5.74, 6) is -0.522. The van der Waals surface area contributed by atoms with Crippen LogP contribution in [0.25, 0.3) is 0 Å². The minimum atomic E-state index is -4.95. The number of aliphatic hydroxyl groups is 1. The zero-order chi connectivity index (χ0) is 68.6. The highest BCUT2D eigenvalue weighted by molar-refractivity contribution is 7.47. The molecule has 0 aromatic heterocycles. The van der Waals surface area contributed by atoms with E-state index in [1.165, 1.54) is 186 Å². The Balaban J connectivity index is 5.18. The summed E-state index contributed by atoms with van der Waals surface area (Å²) < 4.78 is 68.3. The van der Waals surface area contributed by atoms with Gasteiger partial charge in [-0.3, -0.25) is 37.3 Å². The van der Waals surface area contributed by atoms with Crippen LogP contribution in [0.3, 0.4) is 0 Å². The molecule has 552 valence electrons. The molecule has 0 aliphatic carbocycles.